The van der Waals surface area contributed by atoms with Crippen molar-refractivity contribution in [2.45, 2.75) is 44.7 Å². The number of hydrogen-bond acceptors (Lipinski definition) is 4. The summed E-state index contributed by atoms with van der Waals surface area (Å²) in [7, 11) is 0. The van der Waals surface area contributed by atoms with Gasteiger partial charge in [-0.3, -0.25) is 14.5 Å². The third-order valence-corrected chi connectivity index (χ3v) is 5.39. The van der Waals surface area contributed by atoms with E-state index in [4.69, 9.17) is 10.2 Å². The predicted molar refractivity (Wildman–Crippen MR) is 102 cm³/mol. The molecule has 6 heteroatoms. The van der Waals surface area contributed by atoms with Crippen LogP contribution in [0.4, 0.5) is 5.69 Å². The number of nitrogens with two attached hydrogens (primary N) is 1. The molecule has 1 aromatic carbocycles. The summed E-state index contributed by atoms with van der Waals surface area (Å²) in [5.74, 6) is 2.52. The number of nitrogens with one attached hydrogen (secondary N) is 1. The van der Waals surface area contributed by atoms with E-state index in [-0.39, 0.29) is 12.5 Å². The molecule has 3 N–H and O–H groups in total. The van der Waals surface area contributed by atoms with E-state index in [1.165, 1.54) is 6.42 Å². The minimum atomic E-state index is -0.553. The van der Waals surface area contributed by atoms with Crippen LogP contribution in [0.5, 0.6) is 0 Å². The van der Waals surface area contributed by atoms with Gasteiger partial charge in [0, 0.05) is 12.0 Å². The number of benzene rings is 1. The van der Waals surface area contributed by atoms with E-state index >= 15 is 0 Å². The maximum Gasteiger partial charge on any atom is 0.250 e. The lowest BCUT2D eigenvalue weighted by Crippen LogP contribution is -2.34. The third kappa shape index (κ3) is 4.22. The van der Waals surface area contributed by atoms with Crippen molar-refractivity contribution < 1.29 is 14.0 Å². The van der Waals surface area contributed by atoms with Gasteiger partial charge in [0.1, 0.15) is 11.5 Å². The first-order valence-electron chi connectivity index (χ1n) is 9.52. The van der Waals surface area contributed by atoms with Gasteiger partial charge in [-0.2, -0.15) is 0 Å². The highest BCUT2D eigenvalue weighted by Gasteiger charge is 2.37. The Hall–Kier alpha value is -2.60. The molecule has 142 valence electrons. The summed E-state index contributed by atoms with van der Waals surface area (Å²) in [6, 6.07) is 11.3. The molecule has 2 aliphatic rings. The fourth-order valence-corrected chi connectivity index (χ4v) is 3.53. The van der Waals surface area contributed by atoms with Gasteiger partial charge in [0.15, 0.2) is 0 Å². The van der Waals surface area contributed by atoms with Crippen LogP contribution in [0.25, 0.3) is 0 Å². The summed E-state index contributed by atoms with van der Waals surface area (Å²) < 4.78 is 6.00. The molecular weight excluding hydrogens is 342 g/mol. The molecule has 2 saturated carbocycles. The Morgan fingerprint density at radius 3 is 2.63 bits per heavy atom. The van der Waals surface area contributed by atoms with E-state index in [1.54, 1.807) is 24.3 Å². The Labute approximate surface area is 158 Å². The molecule has 0 aliphatic heterocycles. The number of nitrogens with zero attached hydrogens (tertiary/aromatic N) is 1. The van der Waals surface area contributed by atoms with Crippen LogP contribution in [-0.4, -0.2) is 29.3 Å². The van der Waals surface area contributed by atoms with Crippen molar-refractivity contribution in [2.24, 2.45) is 11.7 Å². The van der Waals surface area contributed by atoms with Crippen LogP contribution >= 0.6 is 0 Å². The molecule has 1 aromatic heterocycles. The topological polar surface area (TPSA) is 88.6 Å². The maximum absolute atomic E-state index is 12.6. The quantitative estimate of drug-likeness (QED) is 0.750. The van der Waals surface area contributed by atoms with Crippen molar-refractivity contribution in [2.75, 3.05) is 11.9 Å². The average molecular weight is 367 g/mol. The third-order valence-electron chi connectivity index (χ3n) is 5.39. The number of rotatable bonds is 8. The van der Waals surface area contributed by atoms with E-state index in [9.17, 15) is 9.59 Å². The first kappa shape index (κ1) is 17.8. The van der Waals surface area contributed by atoms with Gasteiger partial charge in [-0.25, -0.2) is 0 Å². The highest BCUT2D eigenvalue weighted by atomic mass is 16.3. The number of carbonyl (C=O) groups excluding carboxylic acids is 2. The van der Waals surface area contributed by atoms with Gasteiger partial charge in [-0.15, -0.1) is 0 Å². The first-order chi connectivity index (χ1) is 13.0. The lowest BCUT2D eigenvalue weighted by molar-refractivity contribution is -0.117. The largest absolute Gasteiger partial charge is 0.464 e. The van der Waals surface area contributed by atoms with Crippen LogP contribution in [0, 0.1) is 5.92 Å². The van der Waals surface area contributed by atoms with Gasteiger partial charge < -0.3 is 15.5 Å². The van der Waals surface area contributed by atoms with Crippen LogP contribution in [0.15, 0.2) is 40.8 Å². The summed E-state index contributed by atoms with van der Waals surface area (Å²) in [6.07, 6.45) is 3.39. The van der Waals surface area contributed by atoms with Crippen molar-refractivity contribution in [3.8, 4) is 0 Å². The number of carbonyl (C=O) groups is 2. The van der Waals surface area contributed by atoms with Gasteiger partial charge in [0.25, 0.3) is 5.91 Å². The van der Waals surface area contributed by atoms with E-state index in [0.717, 1.165) is 24.4 Å². The Kier molecular flexibility index (Phi) is 4.74. The summed E-state index contributed by atoms with van der Waals surface area (Å²) in [5, 5.41) is 2.82. The Balaban J connectivity index is 1.39. The zero-order valence-corrected chi connectivity index (χ0v) is 15.5. The van der Waals surface area contributed by atoms with Crippen molar-refractivity contribution in [1.29, 1.82) is 0 Å². The maximum atomic E-state index is 12.6. The molecule has 0 bridgehead atoms. The molecule has 0 saturated heterocycles. The van der Waals surface area contributed by atoms with Crippen molar-refractivity contribution >= 4 is 17.5 Å². The second kappa shape index (κ2) is 7.19. The minimum absolute atomic E-state index is 0.154. The Bertz CT molecular complexity index is 856. The molecule has 27 heavy (non-hydrogen) atoms. The number of hydrogen-bond donors (Lipinski definition) is 2. The van der Waals surface area contributed by atoms with Crippen LogP contribution < -0.4 is 11.1 Å². The second-order valence-corrected chi connectivity index (χ2v) is 7.72. The zero-order valence-electron chi connectivity index (χ0n) is 15.5. The molecule has 2 fully saturated rings. The molecule has 2 aromatic rings. The molecule has 2 unspecified atom stereocenters. The van der Waals surface area contributed by atoms with E-state index in [2.05, 4.69) is 23.2 Å². The van der Waals surface area contributed by atoms with Gasteiger partial charge in [0.05, 0.1) is 24.3 Å². The average Bonchev–Trinajstić information content (AvgIpc) is 3.55. The fraction of sp³-hybridized carbons (Fsp3) is 0.429. The molecule has 0 spiro atoms. The lowest BCUT2D eigenvalue weighted by atomic mass is 10.1. The van der Waals surface area contributed by atoms with E-state index < -0.39 is 5.91 Å². The number of amides is 2. The monoisotopic (exact) mass is 367 g/mol. The molecular formula is C21H25N3O3. The number of anilines is 1. The van der Waals surface area contributed by atoms with Crippen LogP contribution in [0.2, 0.25) is 0 Å². The first-order valence-corrected chi connectivity index (χ1v) is 9.52. The summed E-state index contributed by atoms with van der Waals surface area (Å²) in [4.78, 5) is 26.2. The van der Waals surface area contributed by atoms with E-state index in [0.29, 0.717) is 35.7 Å². The Morgan fingerprint density at radius 2 is 1.96 bits per heavy atom. The van der Waals surface area contributed by atoms with E-state index in [1.807, 2.05) is 6.07 Å². The summed E-state index contributed by atoms with van der Waals surface area (Å²) >= 11 is 0. The molecule has 0 radical (unpaired) electrons. The summed E-state index contributed by atoms with van der Waals surface area (Å²) in [6.45, 7) is 3.11. The van der Waals surface area contributed by atoms with Crippen molar-refractivity contribution in [1.82, 2.24) is 4.90 Å². The van der Waals surface area contributed by atoms with Crippen LogP contribution in [-0.2, 0) is 11.3 Å². The molecule has 1 heterocycles. The van der Waals surface area contributed by atoms with Gasteiger partial charge in [-0.05, 0) is 49.4 Å². The van der Waals surface area contributed by atoms with Crippen molar-refractivity contribution in [3.63, 3.8) is 0 Å². The molecule has 2 aliphatic carbocycles. The summed E-state index contributed by atoms with van der Waals surface area (Å²) in [5.41, 5.74) is 6.15. The normalized spacial score (nSPS) is 21.3. The standard InChI is InChI=1S/C21H25N3O3/c1-13-10-17(13)19-9-8-15(27-19)11-24(14-6-7-14)12-20(25)23-18-5-3-2-4-16(18)21(22)26/h2-5,8-9,13-14,17H,6-7,10-12H2,1H3,(H2,22,26)(H,23,25). The van der Waals surface area contributed by atoms with Crippen LogP contribution in [0.3, 0.4) is 0 Å². The predicted octanol–water partition coefficient (Wildman–Crippen LogP) is 3.11. The van der Waals surface area contributed by atoms with Gasteiger partial charge in [0.2, 0.25) is 5.91 Å². The number of para-hydroxylation sites is 1. The van der Waals surface area contributed by atoms with Gasteiger partial charge in [-0.1, -0.05) is 19.1 Å². The number of primary amides is 1. The number of furan rings is 1. The SMILES string of the molecule is CC1CC1c1ccc(CN(CC(=O)Nc2ccccc2C(N)=O)C2CC2)o1. The minimum Gasteiger partial charge on any atom is -0.464 e. The molecule has 4 rings (SSSR count). The van der Waals surface area contributed by atoms with Gasteiger partial charge >= 0.3 is 0 Å². The highest BCUT2D eigenvalue weighted by Crippen LogP contribution is 2.47. The second-order valence-electron chi connectivity index (χ2n) is 7.72. The zero-order chi connectivity index (χ0) is 19.0. The highest BCUT2D eigenvalue weighted by molar-refractivity contribution is 6.03. The smallest absolute Gasteiger partial charge is 0.250 e. The van der Waals surface area contributed by atoms with Crippen molar-refractivity contribution in [3.05, 3.63) is 53.5 Å². The lowest BCUT2D eigenvalue weighted by Gasteiger charge is -2.20. The molecule has 6 nitrogen and oxygen atoms in total. The Morgan fingerprint density at radius 1 is 1.22 bits per heavy atom. The molecule has 2 amide bonds. The fourth-order valence-electron chi connectivity index (χ4n) is 3.53. The molecule has 2 atom stereocenters. The van der Waals surface area contributed by atoms with Crippen LogP contribution in [0.1, 0.15) is 54.0 Å².